The third-order valence-electron chi connectivity index (χ3n) is 2.72. The highest BCUT2D eigenvalue weighted by molar-refractivity contribution is 6.32. The van der Waals surface area contributed by atoms with Crippen molar-refractivity contribution >= 4 is 11.6 Å². The Balaban J connectivity index is 1.89. The molecule has 0 amide bonds. The first-order valence-corrected chi connectivity index (χ1v) is 7.08. The molecule has 0 saturated heterocycles. The zero-order valence-electron chi connectivity index (χ0n) is 11.8. The molecule has 0 aliphatic rings. The van der Waals surface area contributed by atoms with Crippen LogP contribution in [0.4, 0.5) is 0 Å². The van der Waals surface area contributed by atoms with E-state index in [-0.39, 0.29) is 6.10 Å². The van der Waals surface area contributed by atoms with Crippen LogP contribution >= 0.6 is 11.6 Å². The highest BCUT2D eigenvalue weighted by atomic mass is 35.5. The van der Waals surface area contributed by atoms with E-state index in [4.69, 9.17) is 16.3 Å². The topological polar surface area (TPSA) is 34.1 Å². The molecule has 0 saturated carbocycles. The van der Waals surface area contributed by atoms with Crippen LogP contribution in [-0.4, -0.2) is 11.1 Å². The van der Waals surface area contributed by atoms with Crippen molar-refractivity contribution in [2.45, 2.75) is 33.0 Å². The summed E-state index contributed by atoms with van der Waals surface area (Å²) in [6.07, 6.45) is 1.92. The molecule has 0 aliphatic heterocycles. The van der Waals surface area contributed by atoms with Crippen LogP contribution in [0.3, 0.4) is 0 Å². The Labute approximate surface area is 124 Å². The second kappa shape index (κ2) is 7.27. The Bertz CT molecular complexity index is 543. The van der Waals surface area contributed by atoms with Crippen LogP contribution in [0.15, 0.2) is 42.6 Å². The number of ether oxygens (including phenoxy) is 1. The van der Waals surface area contributed by atoms with Gasteiger partial charge in [0.05, 0.1) is 16.8 Å². The average Bonchev–Trinajstić information content (AvgIpc) is 2.43. The molecule has 1 aromatic heterocycles. The van der Waals surface area contributed by atoms with E-state index >= 15 is 0 Å². The highest BCUT2D eigenvalue weighted by Gasteiger charge is 2.05. The summed E-state index contributed by atoms with van der Waals surface area (Å²) in [5.41, 5.74) is 2.15. The van der Waals surface area contributed by atoms with Crippen LogP contribution in [-0.2, 0) is 13.1 Å². The number of hydrogen-bond acceptors (Lipinski definition) is 3. The fourth-order valence-electron chi connectivity index (χ4n) is 1.84. The smallest absolute Gasteiger partial charge is 0.138 e. The van der Waals surface area contributed by atoms with E-state index < -0.39 is 0 Å². The molecular formula is C16H19ClN2O. The summed E-state index contributed by atoms with van der Waals surface area (Å²) in [5.74, 6) is 0.732. The van der Waals surface area contributed by atoms with E-state index in [2.05, 4.69) is 10.3 Å². The zero-order chi connectivity index (χ0) is 14.4. The number of aromatic nitrogens is 1. The van der Waals surface area contributed by atoms with Crippen LogP contribution in [0, 0.1) is 0 Å². The van der Waals surface area contributed by atoms with Crippen LogP contribution in [0.25, 0.3) is 0 Å². The summed E-state index contributed by atoms with van der Waals surface area (Å²) < 4.78 is 5.61. The van der Waals surface area contributed by atoms with Crippen molar-refractivity contribution in [3.8, 4) is 5.75 Å². The normalized spacial score (nSPS) is 10.8. The molecule has 0 bridgehead atoms. The number of halogens is 1. The van der Waals surface area contributed by atoms with E-state index in [0.717, 1.165) is 30.1 Å². The summed E-state index contributed by atoms with van der Waals surface area (Å²) in [6.45, 7) is 5.46. The van der Waals surface area contributed by atoms with Gasteiger partial charge in [-0.1, -0.05) is 23.7 Å². The van der Waals surface area contributed by atoms with Gasteiger partial charge in [0.1, 0.15) is 5.75 Å². The minimum absolute atomic E-state index is 0.126. The Kier molecular flexibility index (Phi) is 5.39. The molecule has 3 nitrogen and oxygen atoms in total. The van der Waals surface area contributed by atoms with Crippen LogP contribution in [0.1, 0.15) is 25.1 Å². The van der Waals surface area contributed by atoms with Crippen LogP contribution < -0.4 is 10.1 Å². The first kappa shape index (κ1) is 14.8. The molecular weight excluding hydrogens is 272 g/mol. The summed E-state index contributed by atoms with van der Waals surface area (Å²) in [5, 5.41) is 3.99. The molecule has 0 radical (unpaired) electrons. The summed E-state index contributed by atoms with van der Waals surface area (Å²) in [4.78, 5) is 4.27. The van der Waals surface area contributed by atoms with E-state index in [1.54, 1.807) is 6.20 Å². The van der Waals surface area contributed by atoms with Gasteiger partial charge in [-0.3, -0.25) is 4.98 Å². The predicted octanol–water partition coefficient (Wildman–Crippen LogP) is 3.81. The summed E-state index contributed by atoms with van der Waals surface area (Å²) in [7, 11) is 0. The molecule has 0 atom stereocenters. The molecule has 1 aromatic carbocycles. The Hall–Kier alpha value is -1.58. The van der Waals surface area contributed by atoms with E-state index in [0.29, 0.717) is 5.02 Å². The molecule has 1 N–H and O–H groups in total. The zero-order valence-corrected chi connectivity index (χ0v) is 12.5. The monoisotopic (exact) mass is 290 g/mol. The van der Waals surface area contributed by atoms with Gasteiger partial charge >= 0.3 is 0 Å². The molecule has 0 aliphatic carbocycles. The van der Waals surface area contributed by atoms with Gasteiger partial charge in [-0.25, -0.2) is 0 Å². The second-order valence-corrected chi connectivity index (χ2v) is 5.26. The van der Waals surface area contributed by atoms with Crippen molar-refractivity contribution in [3.05, 3.63) is 58.9 Å². The maximum absolute atomic E-state index is 6.20. The minimum Gasteiger partial charge on any atom is -0.489 e. The van der Waals surface area contributed by atoms with Crippen molar-refractivity contribution in [1.29, 1.82) is 0 Å². The average molecular weight is 291 g/mol. The maximum atomic E-state index is 6.20. The Morgan fingerprint density at radius 2 is 2.05 bits per heavy atom. The highest BCUT2D eigenvalue weighted by Crippen LogP contribution is 2.26. The Morgan fingerprint density at radius 1 is 1.20 bits per heavy atom. The van der Waals surface area contributed by atoms with Crippen LogP contribution in [0.5, 0.6) is 5.75 Å². The maximum Gasteiger partial charge on any atom is 0.138 e. The quantitative estimate of drug-likeness (QED) is 0.878. The molecule has 0 fully saturated rings. The standard InChI is InChI=1S/C16H19ClN2O/c1-12(2)20-16-7-6-13(9-15(16)17)10-18-11-14-5-3-4-8-19-14/h3-9,12,18H,10-11H2,1-2H3. The van der Waals surface area contributed by atoms with Gasteiger partial charge in [-0.15, -0.1) is 0 Å². The lowest BCUT2D eigenvalue weighted by Gasteiger charge is -2.12. The molecule has 2 rings (SSSR count). The summed E-state index contributed by atoms with van der Waals surface area (Å²) >= 11 is 6.20. The minimum atomic E-state index is 0.126. The molecule has 2 aromatic rings. The van der Waals surface area contributed by atoms with Gasteiger partial charge in [-0.2, -0.15) is 0 Å². The van der Waals surface area contributed by atoms with Crippen molar-refractivity contribution in [2.75, 3.05) is 0 Å². The fourth-order valence-corrected chi connectivity index (χ4v) is 2.09. The fraction of sp³-hybridized carbons (Fsp3) is 0.312. The van der Waals surface area contributed by atoms with E-state index in [1.807, 2.05) is 50.2 Å². The molecule has 0 unspecified atom stereocenters. The largest absolute Gasteiger partial charge is 0.489 e. The van der Waals surface area contributed by atoms with Crippen molar-refractivity contribution in [2.24, 2.45) is 0 Å². The van der Waals surface area contributed by atoms with Gasteiger partial charge < -0.3 is 10.1 Å². The Morgan fingerprint density at radius 3 is 2.70 bits per heavy atom. The molecule has 20 heavy (non-hydrogen) atoms. The van der Waals surface area contributed by atoms with Crippen LogP contribution in [0.2, 0.25) is 5.02 Å². The number of rotatable bonds is 6. The third-order valence-corrected chi connectivity index (χ3v) is 3.02. The molecule has 106 valence electrons. The SMILES string of the molecule is CC(C)Oc1ccc(CNCc2ccccn2)cc1Cl. The molecule has 4 heteroatoms. The van der Waals surface area contributed by atoms with Gasteiger partial charge in [0, 0.05) is 19.3 Å². The lowest BCUT2D eigenvalue weighted by molar-refractivity contribution is 0.242. The molecule has 1 heterocycles. The van der Waals surface area contributed by atoms with Gasteiger partial charge in [0.15, 0.2) is 0 Å². The number of benzene rings is 1. The van der Waals surface area contributed by atoms with Crippen molar-refractivity contribution in [3.63, 3.8) is 0 Å². The number of nitrogens with zero attached hydrogens (tertiary/aromatic N) is 1. The molecule has 0 spiro atoms. The first-order valence-electron chi connectivity index (χ1n) is 6.71. The first-order chi connectivity index (χ1) is 9.65. The van der Waals surface area contributed by atoms with Gasteiger partial charge in [0.2, 0.25) is 0 Å². The second-order valence-electron chi connectivity index (χ2n) is 4.86. The third kappa shape index (κ3) is 4.51. The predicted molar refractivity (Wildman–Crippen MR) is 82.0 cm³/mol. The van der Waals surface area contributed by atoms with Gasteiger partial charge in [0.25, 0.3) is 0 Å². The van der Waals surface area contributed by atoms with E-state index in [1.165, 1.54) is 0 Å². The number of pyridine rings is 1. The van der Waals surface area contributed by atoms with Gasteiger partial charge in [-0.05, 0) is 43.7 Å². The van der Waals surface area contributed by atoms with Crippen molar-refractivity contribution in [1.82, 2.24) is 10.3 Å². The van der Waals surface area contributed by atoms with Crippen molar-refractivity contribution < 1.29 is 4.74 Å². The number of hydrogen-bond donors (Lipinski definition) is 1. The van der Waals surface area contributed by atoms with E-state index in [9.17, 15) is 0 Å². The summed E-state index contributed by atoms with van der Waals surface area (Å²) in [6, 6.07) is 11.8. The lowest BCUT2D eigenvalue weighted by Crippen LogP contribution is -2.13. The number of nitrogens with one attached hydrogen (secondary N) is 1. The lowest BCUT2D eigenvalue weighted by atomic mass is 10.2.